The summed E-state index contributed by atoms with van der Waals surface area (Å²) in [5, 5.41) is 9.30. The summed E-state index contributed by atoms with van der Waals surface area (Å²) in [7, 11) is 0. The molecule has 1 aliphatic heterocycles. The Bertz CT molecular complexity index is 742. The predicted octanol–water partition coefficient (Wildman–Crippen LogP) is 4.30. The molecule has 3 heteroatoms. The summed E-state index contributed by atoms with van der Waals surface area (Å²) in [4.78, 5) is 11.3. The smallest absolute Gasteiger partial charge is 0.331 e. The summed E-state index contributed by atoms with van der Waals surface area (Å²) < 4.78 is 5.83. The zero-order valence-electron chi connectivity index (χ0n) is 12.7. The van der Waals surface area contributed by atoms with Crippen LogP contribution in [0.4, 0.5) is 0 Å². The Morgan fingerprint density at radius 3 is 2.50 bits per heavy atom. The van der Waals surface area contributed by atoms with Gasteiger partial charge >= 0.3 is 5.97 Å². The van der Waals surface area contributed by atoms with Crippen LogP contribution in [-0.4, -0.2) is 17.2 Å². The molecule has 22 heavy (non-hydrogen) atoms. The minimum absolute atomic E-state index is 0.145. The number of fused-ring (bicyclic) bond motifs is 1. The molecule has 2 aromatic rings. The zero-order chi connectivity index (χ0) is 15.7. The highest BCUT2D eigenvalue weighted by molar-refractivity contribution is 5.93. The van der Waals surface area contributed by atoms with Crippen LogP contribution >= 0.6 is 0 Å². The van der Waals surface area contributed by atoms with Gasteiger partial charge in [0.05, 0.1) is 0 Å². The Balaban J connectivity index is 2.07. The van der Waals surface area contributed by atoms with Crippen LogP contribution in [0.2, 0.25) is 0 Å². The molecule has 1 atom stereocenters. The Kier molecular flexibility index (Phi) is 3.72. The Morgan fingerprint density at radius 1 is 1.14 bits per heavy atom. The molecule has 112 valence electrons. The van der Waals surface area contributed by atoms with E-state index in [0.717, 1.165) is 22.4 Å². The van der Waals surface area contributed by atoms with Crippen molar-refractivity contribution in [3.05, 3.63) is 59.2 Å². The second-order valence-corrected chi connectivity index (χ2v) is 5.73. The van der Waals surface area contributed by atoms with Crippen molar-refractivity contribution in [2.24, 2.45) is 0 Å². The lowest BCUT2D eigenvalue weighted by Crippen LogP contribution is -2.14. The van der Waals surface area contributed by atoms with Crippen LogP contribution in [0.3, 0.4) is 0 Å². The minimum atomic E-state index is -0.885. The highest BCUT2D eigenvalue weighted by Crippen LogP contribution is 2.32. The molecule has 2 aromatic carbocycles. The quantitative estimate of drug-likeness (QED) is 0.898. The molecule has 0 radical (unpaired) electrons. The first-order chi connectivity index (χ1) is 10.5. The molecule has 1 aliphatic rings. The van der Waals surface area contributed by atoms with Crippen LogP contribution in [0, 0.1) is 6.92 Å². The molecule has 0 fully saturated rings. The number of benzene rings is 2. The van der Waals surface area contributed by atoms with E-state index in [1.807, 2.05) is 25.1 Å². The first-order valence-electron chi connectivity index (χ1n) is 7.34. The van der Waals surface area contributed by atoms with Gasteiger partial charge in [0.15, 0.2) is 0 Å². The molecule has 0 aliphatic carbocycles. The SMILES string of the molecule is Cc1ccc(-c2ccc3c(c2)C=C(C(=O)O)CC(C)O3)cc1. The molecule has 3 rings (SSSR count). The van der Waals surface area contributed by atoms with Crippen molar-refractivity contribution in [1.29, 1.82) is 0 Å². The van der Waals surface area contributed by atoms with Crippen molar-refractivity contribution in [3.8, 4) is 16.9 Å². The van der Waals surface area contributed by atoms with Crippen molar-refractivity contribution in [2.45, 2.75) is 26.4 Å². The van der Waals surface area contributed by atoms with Gasteiger partial charge in [-0.2, -0.15) is 0 Å². The number of carboxylic acids is 1. The minimum Gasteiger partial charge on any atom is -0.490 e. The summed E-state index contributed by atoms with van der Waals surface area (Å²) >= 11 is 0. The number of aliphatic carboxylic acids is 1. The average Bonchev–Trinajstić information content (AvgIpc) is 2.65. The summed E-state index contributed by atoms with van der Waals surface area (Å²) in [5.41, 5.74) is 4.57. The summed E-state index contributed by atoms with van der Waals surface area (Å²) in [5.74, 6) is -0.149. The molecule has 1 heterocycles. The first kappa shape index (κ1) is 14.4. The molecule has 0 aromatic heterocycles. The van der Waals surface area contributed by atoms with Crippen molar-refractivity contribution in [3.63, 3.8) is 0 Å². The molecule has 0 saturated heterocycles. The van der Waals surface area contributed by atoms with Crippen molar-refractivity contribution in [1.82, 2.24) is 0 Å². The van der Waals surface area contributed by atoms with Gasteiger partial charge in [-0.25, -0.2) is 4.79 Å². The number of ether oxygens (including phenoxy) is 1. The van der Waals surface area contributed by atoms with Crippen LogP contribution in [0.25, 0.3) is 17.2 Å². The molecule has 1 unspecified atom stereocenters. The normalized spacial score (nSPS) is 17.0. The standard InChI is InChI=1S/C19H18O3/c1-12-3-5-14(6-4-12)15-7-8-18-16(10-15)11-17(19(20)21)9-13(2)22-18/h3-8,10-11,13H,9H2,1-2H3,(H,20,21). The van der Waals surface area contributed by atoms with Gasteiger partial charge in [-0.15, -0.1) is 0 Å². The number of rotatable bonds is 2. The van der Waals surface area contributed by atoms with Gasteiger partial charge in [0.25, 0.3) is 0 Å². The molecule has 0 bridgehead atoms. The largest absolute Gasteiger partial charge is 0.490 e. The van der Waals surface area contributed by atoms with Gasteiger partial charge in [-0.05, 0) is 43.2 Å². The summed E-state index contributed by atoms with van der Waals surface area (Å²) in [6.07, 6.45) is 1.98. The van der Waals surface area contributed by atoms with Crippen LogP contribution in [0.1, 0.15) is 24.5 Å². The maximum atomic E-state index is 11.3. The summed E-state index contributed by atoms with van der Waals surface area (Å²) in [6.45, 7) is 3.94. The lowest BCUT2D eigenvalue weighted by Gasteiger charge is -2.14. The molecular weight excluding hydrogens is 276 g/mol. The van der Waals surface area contributed by atoms with E-state index in [1.54, 1.807) is 6.08 Å². The van der Waals surface area contributed by atoms with E-state index in [2.05, 4.69) is 31.2 Å². The van der Waals surface area contributed by atoms with Crippen LogP contribution in [-0.2, 0) is 4.79 Å². The lowest BCUT2D eigenvalue weighted by atomic mass is 10.00. The number of hydrogen-bond donors (Lipinski definition) is 1. The Labute approximate surface area is 129 Å². The van der Waals surface area contributed by atoms with Crippen molar-refractivity contribution in [2.75, 3.05) is 0 Å². The van der Waals surface area contributed by atoms with E-state index >= 15 is 0 Å². The molecule has 0 spiro atoms. The summed E-state index contributed by atoms with van der Waals surface area (Å²) in [6, 6.07) is 14.2. The molecule has 0 saturated carbocycles. The third kappa shape index (κ3) is 2.89. The molecule has 0 amide bonds. The fourth-order valence-electron chi connectivity index (χ4n) is 2.66. The average molecular weight is 294 g/mol. The zero-order valence-corrected chi connectivity index (χ0v) is 12.7. The van der Waals surface area contributed by atoms with Gasteiger partial charge in [0, 0.05) is 17.6 Å². The van der Waals surface area contributed by atoms with Gasteiger partial charge < -0.3 is 9.84 Å². The van der Waals surface area contributed by atoms with E-state index in [-0.39, 0.29) is 6.10 Å². The predicted molar refractivity (Wildman–Crippen MR) is 86.9 cm³/mol. The van der Waals surface area contributed by atoms with Crippen LogP contribution in [0.5, 0.6) is 5.75 Å². The first-order valence-corrected chi connectivity index (χ1v) is 7.34. The molecule has 1 N–H and O–H groups in total. The molecular formula is C19H18O3. The maximum absolute atomic E-state index is 11.3. The van der Waals surface area contributed by atoms with E-state index in [9.17, 15) is 9.90 Å². The second-order valence-electron chi connectivity index (χ2n) is 5.73. The number of carboxylic acid groups (broad SMARTS) is 1. The second kappa shape index (κ2) is 5.68. The van der Waals surface area contributed by atoms with E-state index in [4.69, 9.17) is 4.74 Å². The van der Waals surface area contributed by atoms with Crippen LogP contribution < -0.4 is 4.74 Å². The highest BCUT2D eigenvalue weighted by Gasteiger charge is 2.19. The topological polar surface area (TPSA) is 46.5 Å². The monoisotopic (exact) mass is 294 g/mol. The number of carbonyl (C=O) groups is 1. The van der Waals surface area contributed by atoms with Gasteiger partial charge in [0.2, 0.25) is 0 Å². The van der Waals surface area contributed by atoms with Gasteiger partial charge in [-0.3, -0.25) is 0 Å². The van der Waals surface area contributed by atoms with E-state index in [1.165, 1.54) is 5.56 Å². The fraction of sp³-hybridized carbons (Fsp3) is 0.211. The highest BCUT2D eigenvalue weighted by atomic mass is 16.5. The van der Waals surface area contributed by atoms with Crippen LogP contribution in [0.15, 0.2) is 48.0 Å². The van der Waals surface area contributed by atoms with Crippen molar-refractivity contribution < 1.29 is 14.6 Å². The maximum Gasteiger partial charge on any atom is 0.331 e. The van der Waals surface area contributed by atoms with E-state index < -0.39 is 5.97 Å². The van der Waals surface area contributed by atoms with E-state index in [0.29, 0.717) is 12.0 Å². The third-order valence-corrected chi connectivity index (χ3v) is 3.83. The lowest BCUT2D eigenvalue weighted by molar-refractivity contribution is -0.132. The van der Waals surface area contributed by atoms with Gasteiger partial charge in [-0.1, -0.05) is 35.9 Å². The molecule has 3 nitrogen and oxygen atoms in total. The Hall–Kier alpha value is -2.55. The fourth-order valence-corrected chi connectivity index (χ4v) is 2.66. The number of aryl methyl sites for hydroxylation is 1. The van der Waals surface area contributed by atoms with Gasteiger partial charge in [0.1, 0.15) is 11.9 Å². The third-order valence-electron chi connectivity index (χ3n) is 3.83. The van der Waals surface area contributed by atoms with Crippen molar-refractivity contribution >= 4 is 12.0 Å². The Morgan fingerprint density at radius 2 is 1.82 bits per heavy atom. The number of hydrogen-bond acceptors (Lipinski definition) is 2.